The predicted octanol–water partition coefficient (Wildman–Crippen LogP) is 2.04. The normalized spacial score (nSPS) is 13.1. The highest BCUT2D eigenvalue weighted by Gasteiger charge is 2.16. The zero-order chi connectivity index (χ0) is 13.2. The maximum Gasteiger partial charge on any atom is 0.231 e. The molecule has 0 aliphatic carbocycles. The van der Waals surface area contributed by atoms with Crippen LogP contribution in [0.1, 0.15) is 5.56 Å². The topological polar surface area (TPSA) is 81.8 Å². The molecule has 1 aromatic heterocycles. The summed E-state index contributed by atoms with van der Waals surface area (Å²) in [5, 5.41) is 6.11. The molecule has 2 aromatic rings. The van der Waals surface area contributed by atoms with E-state index in [0.717, 1.165) is 0 Å². The third-order valence-corrected chi connectivity index (χ3v) is 3.14. The second-order valence-corrected chi connectivity index (χ2v) is 4.53. The molecule has 0 spiro atoms. The zero-order valence-corrected chi connectivity index (χ0v) is 10.4. The molecule has 19 heavy (non-hydrogen) atoms. The van der Waals surface area contributed by atoms with Crippen LogP contribution in [0.5, 0.6) is 11.5 Å². The Balaban J connectivity index is 1.76. The summed E-state index contributed by atoms with van der Waals surface area (Å²) in [5.41, 5.74) is 8.42. The van der Waals surface area contributed by atoms with Gasteiger partial charge in [0.15, 0.2) is 11.5 Å². The molecule has 0 radical (unpaired) electrons. The number of nitrogens with one attached hydrogen (secondary N) is 1. The average molecular weight is 280 g/mol. The number of nitrogens with two attached hydrogens (primary N) is 1. The van der Waals surface area contributed by atoms with Gasteiger partial charge in [-0.15, -0.1) is 11.3 Å². The number of hydrogen-bond donors (Lipinski definition) is 2. The molecular formula is C11H9FN4O2S. The van der Waals surface area contributed by atoms with Crippen molar-refractivity contribution < 1.29 is 13.9 Å². The SMILES string of the molecule is Nc1csc(NN=Cc2cc3c(cc2F)OCO3)n1. The van der Waals surface area contributed by atoms with Crippen LogP contribution < -0.4 is 20.6 Å². The maximum absolute atomic E-state index is 13.7. The number of halogens is 1. The highest BCUT2D eigenvalue weighted by Crippen LogP contribution is 2.33. The van der Waals surface area contributed by atoms with E-state index < -0.39 is 5.82 Å². The van der Waals surface area contributed by atoms with E-state index >= 15 is 0 Å². The monoisotopic (exact) mass is 280 g/mol. The molecule has 0 unspecified atom stereocenters. The summed E-state index contributed by atoms with van der Waals surface area (Å²) in [6, 6.07) is 2.80. The van der Waals surface area contributed by atoms with Crippen LogP contribution in [0, 0.1) is 5.82 Å². The lowest BCUT2D eigenvalue weighted by Crippen LogP contribution is -1.94. The number of nitrogens with zero attached hydrogens (tertiary/aromatic N) is 2. The van der Waals surface area contributed by atoms with Crippen molar-refractivity contribution in [1.82, 2.24) is 4.98 Å². The predicted molar refractivity (Wildman–Crippen MR) is 70.3 cm³/mol. The van der Waals surface area contributed by atoms with Gasteiger partial charge in [0.05, 0.1) is 6.21 Å². The number of ether oxygens (including phenoxy) is 2. The summed E-state index contributed by atoms with van der Waals surface area (Å²) in [7, 11) is 0. The van der Waals surface area contributed by atoms with Crippen LogP contribution in [0.15, 0.2) is 22.6 Å². The molecule has 1 aromatic carbocycles. The largest absolute Gasteiger partial charge is 0.454 e. The van der Waals surface area contributed by atoms with E-state index in [1.54, 1.807) is 5.38 Å². The van der Waals surface area contributed by atoms with Crippen molar-refractivity contribution in [3.63, 3.8) is 0 Å². The molecule has 0 bridgehead atoms. The highest BCUT2D eigenvalue weighted by molar-refractivity contribution is 7.14. The van der Waals surface area contributed by atoms with Gasteiger partial charge >= 0.3 is 0 Å². The number of hydrogen-bond acceptors (Lipinski definition) is 7. The molecule has 3 N–H and O–H groups in total. The van der Waals surface area contributed by atoms with Gasteiger partial charge in [0.1, 0.15) is 11.6 Å². The van der Waals surface area contributed by atoms with Crippen molar-refractivity contribution in [3.8, 4) is 11.5 Å². The fraction of sp³-hybridized carbons (Fsp3) is 0.0909. The Labute approximate surface area is 111 Å². The smallest absolute Gasteiger partial charge is 0.231 e. The van der Waals surface area contributed by atoms with Crippen molar-refractivity contribution in [2.45, 2.75) is 0 Å². The summed E-state index contributed by atoms with van der Waals surface area (Å²) in [4.78, 5) is 3.96. The first-order chi connectivity index (χ1) is 9.22. The van der Waals surface area contributed by atoms with Gasteiger partial charge in [-0.3, -0.25) is 5.43 Å². The number of hydrazone groups is 1. The van der Waals surface area contributed by atoms with Gasteiger partial charge in [0.25, 0.3) is 0 Å². The van der Waals surface area contributed by atoms with Gasteiger partial charge < -0.3 is 15.2 Å². The number of fused-ring (bicyclic) bond motifs is 1. The number of anilines is 2. The zero-order valence-electron chi connectivity index (χ0n) is 9.59. The average Bonchev–Trinajstić information content (AvgIpc) is 2.98. The Morgan fingerprint density at radius 2 is 2.21 bits per heavy atom. The van der Waals surface area contributed by atoms with E-state index in [1.807, 2.05) is 0 Å². The summed E-state index contributed by atoms with van der Waals surface area (Å²) >= 11 is 1.31. The molecule has 98 valence electrons. The van der Waals surface area contributed by atoms with E-state index in [0.29, 0.717) is 28.0 Å². The fourth-order valence-corrected chi connectivity index (χ4v) is 2.07. The van der Waals surface area contributed by atoms with Gasteiger partial charge in [-0.2, -0.15) is 5.10 Å². The molecular weight excluding hydrogens is 271 g/mol. The van der Waals surface area contributed by atoms with Crippen molar-refractivity contribution in [1.29, 1.82) is 0 Å². The number of nitrogen functional groups attached to an aromatic ring is 1. The van der Waals surface area contributed by atoms with Gasteiger partial charge in [0.2, 0.25) is 11.9 Å². The Kier molecular flexibility index (Phi) is 2.92. The lowest BCUT2D eigenvalue weighted by molar-refractivity contribution is 0.174. The van der Waals surface area contributed by atoms with E-state index in [9.17, 15) is 4.39 Å². The van der Waals surface area contributed by atoms with Crippen LogP contribution in [-0.4, -0.2) is 18.0 Å². The summed E-state index contributed by atoms with van der Waals surface area (Å²) in [6.07, 6.45) is 1.34. The van der Waals surface area contributed by atoms with Crippen LogP contribution in [0.4, 0.5) is 15.3 Å². The van der Waals surface area contributed by atoms with Crippen molar-refractivity contribution >= 4 is 28.5 Å². The van der Waals surface area contributed by atoms with Crippen LogP contribution in [0.3, 0.4) is 0 Å². The molecule has 0 atom stereocenters. The number of rotatable bonds is 3. The Bertz CT molecular complexity index is 644. The van der Waals surface area contributed by atoms with Gasteiger partial charge in [-0.1, -0.05) is 0 Å². The van der Waals surface area contributed by atoms with Crippen LogP contribution in [0.25, 0.3) is 0 Å². The van der Waals surface area contributed by atoms with E-state index in [-0.39, 0.29) is 6.79 Å². The first kappa shape index (κ1) is 11.7. The van der Waals surface area contributed by atoms with E-state index in [2.05, 4.69) is 15.5 Å². The van der Waals surface area contributed by atoms with E-state index in [1.165, 1.54) is 29.7 Å². The molecule has 1 aliphatic rings. The first-order valence-electron chi connectivity index (χ1n) is 5.31. The molecule has 0 fully saturated rings. The number of aromatic nitrogens is 1. The number of thiazole rings is 1. The first-order valence-corrected chi connectivity index (χ1v) is 6.19. The Morgan fingerprint density at radius 1 is 1.42 bits per heavy atom. The highest BCUT2D eigenvalue weighted by atomic mass is 32.1. The Morgan fingerprint density at radius 3 is 2.95 bits per heavy atom. The third kappa shape index (κ3) is 2.43. The van der Waals surface area contributed by atoms with Gasteiger partial charge in [-0.05, 0) is 6.07 Å². The quantitative estimate of drug-likeness (QED) is 0.664. The third-order valence-electron chi connectivity index (χ3n) is 2.38. The molecule has 8 heteroatoms. The van der Waals surface area contributed by atoms with Gasteiger partial charge in [-0.25, -0.2) is 9.37 Å². The van der Waals surface area contributed by atoms with Crippen LogP contribution >= 0.6 is 11.3 Å². The second-order valence-electron chi connectivity index (χ2n) is 3.67. The second kappa shape index (κ2) is 4.73. The maximum atomic E-state index is 13.7. The summed E-state index contributed by atoms with van der Waals surface area (Å²) < 4.78 is 23.9. The molecule has 2 heterocycles. The van der Waals surface area contributed by atoms with Crippen molar-refractivity contribution in [3.05, 3.63) is 28.9 Å². The van der Waals surface area contributed by atoms with Gasteiger partial charge in [0, 0.05) is 17.0 Å². The van der Waals surface area contributed by atoms with Crippen molar-refractivity contribution in [2.75, 3.05) is 18.0 Å². The summed E-state index contributed by atoms with van der Waals surface area (Å²) in [5.74, 6) is 0.877. The minimum Gasteiger partial charge on any atom is -0.454 e. The van der Waals surface area contributed by atoms with E-state index in [4.69, 9.17) is 15.2 Å². The molecule has 6 nitrogen and oxygen atoms in total. The number of benzene rings is 1. The fourth-order valence-electron chi connectivity index (χ4n) is 1.53. The standard InChI is InChI=1S/C11H9FN4O2S/c12-7-2-9-8(17-5-18-9)1-6(7)3-14-16-11-15-10(13)4-19-11/h1-4H,5,13H2,(H,15,16). The minimum atomic E-state index is -0.437. The minimum absolute atomic E-state index is 0.103. The van der Waals surface area contributed by atoms with Crippen molar-refractivity contribution in [2.24, 2.45) is 5.10 Å². The lowest BCUT2D eigenvalue weighted by Gasteiger charge is -2.00. The molecule has 0 saturated heterocycles. The molecule has 1 aliphatic heterocycles. The Hall–Kier alpha value is -2.35. The summed E-state index contributed by atoms with van der Waals surface area (Å²) in [6.45, 7) is 0.103. The molecule has 0 saturated carbocycles. The lowest BCUT2D eigenvalue weighted by atomic mass is 10.2. The molecule has 3 rings (SSSR count). The van der Waals surface area contributed by atoms with Crippen LogP contribution in [0.2, 0.25) is 0 Å². The molecule has 0 amide bonds. The van der Waals surface area contributed by atoms with Crippen LogP contribution in [-0.2, 0) is 0 Å².